The average Bonchev–Trinajstić information content (AvgIpc) is 2.44. The molecule has 0 fully saturated rings. The Morgan fingerprint density at radius 1 is 1.10 bits per heavy atom. The standard InChI is InChI=1S/C17H24O4/c1-4-5-11-15(12-16(18)20-13(2)3)21-17(19)14-9-7-6-8-10-14/h6-10,13,15H,4-5,11-12H2,1-3H3. The van der Waals surface area contributed by atoms with Crippen molar-refractivity contribution in [1.82, 2.24) is 0 Å². The van der Waals surface area contributed by atoms with Crippen LogP contribution in [0.4, 0.5) is 0 Å². The van der Waals surface area contributed by atoms with Crippen molar-refractivity contribution >= 4 is 11.9 Å². The fourth-order valence-electron chi connectivity index (χ4n) is 1.92. The number of rotatable bonds is 8. The van der Waals surface area contributed by atoms with Crippen LogP contribution in [-0.2, 0) is 14.3 Å². The second-order valence-electron chi connectivity index (χ2n) is 5.28. The lowest BCUT2D eigenvalue weighted by Gasteiger charge is -2.18. The van der Waals surface area contributed by atoms with Crippen molar-refractivity contribution in [2.75, 3.05) is 0 Å². The summed E-state index contributed by atoms with van der Waals surface area (Å²) in [6.45, 7) is 5.66. The summed E-state index contributed by atoms with van der Waals surface area (Å²) in [5.41, 5.74) is 0.497. The van der Waals surface area contributed by atoms with Crippen LogP contribution >= 0.6 is 0 Å². The van der Waals surface area contributed by atoms with Crippen molar-refractivity contribution in [3.05, 3.63) is 35.9 Å². The third-order valence-corrected chi connectivity index (χ3v) is 2.92. The minimum absolute atomic E-state index is 0.108. The Morgan fingerprint density at radius 2 is 1.76 bits per heavy atom. The van der Waals surface area contributed by atoms with Crippen LogP contribution in [0.1, 0.15) is 56.8 Å². The highest BCUT2D eigenvalue weighted by Crippen LogP contribution is 2.13. The van der Waals surface area contributed by atoms with E-state index >= 15 is 0 Å². The topological polar surface area (TPSA) is 52.6 Å². The maximum atomic E-state index is 12.0. The molecule has 0 aliphatic rings. The van der Waals surface area contributed by atoms with E-state index in [1.54, 1.807) is 38.1 Å². The van der Waals surface area contributed by atoms with Gasteiger partial charge >= 0.3 is 11.9 Å². The van der Waals surface area contributed by atoms with Crippen molar-refractivity contribution < 1.29 is 19.1 Å². The lowest BCUT2D eigenvalue weighted by atomic mass is 10.1. The normalized spacial score (nSPS) is 12.0. The Kier molecular flexibility index (Phi) is 7.51. The molecule has 0 aromatic heterocycles. The van der Waals surface area contributed by atoms with Gasteiger partial charge in [-0.05, 0) is 32.4 Å². The SMILES string of the molecule is CCCCC(CC(=O)OC(C)C)OC(=O)c1ccccc1. The number of hydrogen-bond acceptors (Lipinski definition) is 4. The number of esters is 2. The minimum atomic E-state index is -0.427. The van der Waals surface area contributed by atoms with Crippen LogP contribution in [0, 0.1) is 0 Å². The number of hydrogen-bond donors (Lipinski definition) is 0. The first-order chi connectivity index (χ1) is 10.0. The van der Waals surface area contributed by atoms with Crippen LogP contribution in [0.25, 0.3) is 0 Å². The summed E-state index contributed by atoms with van der Waals surface area (Å²) in [5.74, 6) is -0.721. The molecular weight excluding hydrogens is 268 g/mol. The van der Waals surface area contributed by atoms with Gasteiger partial charge in [0.1, 0.15) is 6.10 Å². The Bertz CT molecular complexity index is 439. The predicted molar refractivity (Wildman–Crippen MR) is 81.0 cm³/mol. The first-order valence-electron chi connectivity index (χ1n) is 7.48. The van der Waals surface area contributed by atoms with Crippen molar-refractivity contribution in [3.63, 3.8) is 0 Å². The molecule has 1 unspecified atom stereocenters. The van der Waals surface area contributed by atoms with E-state index in [2.05, 4.69) is 6.92 Å². The van der Waals surface area contributed by atoms with Gasteiger partial charge in [-0.2, -0.15) is 0 Å². The molecule has 1 aromatic rings. The summed E-state index contributed by atoms with van der Waals surface area (Å²) < 4.78 is 10.6. The molecule has 0 saturated carbocycles. The molecule has 4 heteroatoms. The Labute approximate surface area is 126 Å². The molecule has 0 heterocycles. The third-order valence-electron chi connectivity index (χ3n) is 2.92. The Balaban J connectivity index is 2.60. The van der Waals surface area contributed by atoms with Crippen LogP contribution in [0.15, 0.2) is 30.3 Å². The largest absolute Gasteiger partial charge is 0.463 e. The van der Waals surface area contributed by atoms with Gasteiger partial charge in [0.15, 0.2) is 0 Å². The van der Waals surface area contributed by atoms with Crippen LogP contribution in [0.3, 0.4) is 0 Å². The van der Waals surface area contributed by atoms with Crippen molar-refractivity contribution in [2.24, 2.45) is 0 Å². The summed E-state index contributed by atoms with van der Waals surface area (Å²) in [5, 5.41) is 0. The van der Waals surface area contributed by atoms with E-state index < -0.39 is 12.1 Å². The van der Waals surface area contributed by atoms with Crippen molar-refractivity contribution in [1.29, 1.82) is 0 Å². The molecule has 116 valence electrons. The summed E-state index contributed by atoms with van der Waals surface area (Å²) in [6.07, 6.45) is 2.08. The monoisotopic (exact) mass is 292 g/mol. The van der Waals surface area contributed by atoms with Gasteiger partial charge in [-0.1, -0.05) is 38.0 Å². The first kappa shape index (κ1) is 17.2. The summed E-state index contributed by atoms with van der Waals surface area (Å²) in [6, 6.07) is 8.80. The molecule has 1 rings (SSSR count). The van der Waals surface area contributed by atoms with Crippen LogP contribution in [-0.4, -0.2) is 24.1 Å². The molecule has 0 aliphatic heterocycles. The summed E-state index contributed by atoms with van der Waals surface area (Å²) in [7, 11) is 0. The van der Waals surface area contributed by atoms with Crippen LogP contribution in [0.2, 0.25) is 0 Å². The zero-order chi connectivity index (χ0) is 15.7. The average molecular weight is 292 g/mol. The Morgan fingerprint density at radius 3 is 2.33 bits per heavy atom. The molecule has 1 aromatic carbocycles. The van der Waals surface area contributed by atoms with Crippen LogP contribution < -0.4 is 0 Å². The van der Waals surface area contributed by atoms with E-state index in [1.165, 1.54) is 0 Å². The fourth-order valence-corrected chi connectivity index (χ4v) is 1.92. The minimum Gasteiger partial charge on any atom is -0.463 e. The van der Waals surface area contributed by atoms with E-state index in [1.807, 2.05) is 6.07 Å². The summed E-state index contributed by atoms with van der Waals surface area (Å²) in [4.78, 5) is 23.8. The van der Waals surface area contributed by atoms with Crippen LogP contribution in [0.5, 0.6) is 0 Å². The molecule has 21 heavy (non-hydrogen) atoms. The maximum Gasteiger partial charge on any atom is 0.338 e. The van der Waals surface area contributed by atoms with E-state index in [0.29, 0.717) is 12.0 Å². The highest BCUT2D eigenvalue weighted by atomic mass is 16.6. The van der Waals surface area contributed by atoms with Crippen molar-refractivity contribution in [3.8, 4) is 0 Å². The van der Waals surface area contributed by atoms with Gasteiger partial charge in [-0.15, -0.1) is 0 Å². The molecule has 0 saturated heterocycles. The van der Waals surface area contributed by atoms with Gasteiger partial charge < -0.3 is 9.47 Å². The number of carbonyl (C=O) groups is 2. The van der Waals surface area contributed by atoms with Gasteiger partial charge in [0.25, 0.3) is 0 Å². The zero-order valence-corrected chi connectivity index (χ0v) is 13.0. The lowest BCUT2D eigenvalue weighted by molar-refractivity contribution is -0.149. The zero-order valence-electron chi connectivity index (χ0n) is 13.0. The van der Waals surface area contributed by atoms with Gasteiger partial charge in [-0.3, -0.25) is 4.79 Å². The van der Waals surface area contributed by atoms with E-state index in [0.717, 1.165) is 12.8 Å². The molecule has 0 N–H and O–H groups in total. The molecule has 4 nitrogen and oxygen atoms in total. The molecule has 0 amide bonds. The van der Waals surface area contributed by atoms with Gasteiger partial charge in [0, 0.05) is 0 Å². The Hall–Kier alpha value is -1.84. The molecule has 0 spiro atoms. The van der Waals surface area contributed by atoms with E-state index in [-0.39, 0.29) is 18.5 Å². The lowest BCUT2D eigenvalue weighted by Crippen LogP contribution is -2.24. The van der Waals surface area contributed by atoms with Gasteiger partial charge in [-0.25, -0.2) is 4.79 Å². The van der Waals surface area contributed by atoms with Crippen molar-refractivity contribution in [2.45, 2.75) is 58.7 Å². The molecule has 1 atom stereocenters. The summed E-state index contributed by atoms with van der Waals surface area (Å²) >= 11 is 0. The molecule has 0 aliphatic carbocycles. The second kappa shape index (κ2) is 9.16. The molecular formula is C17H24O4. The quantitative estimate of drug-likeness (QED) is 0.685. The second-order valence-corrected chi connectivity index (χ2v) is 5.28. The van der Waals surface area contributed by atoms with E-state index in [9.17, 15) is 9.59 Å². The first-order valence-corrected chi connectivity index (χ1v) is 7.48. The fraction of sp³-hybridized carbons (Fsp3) is 0.529. The number of benzene rings is 1. The number of ether oxygens (including phenoxy) is 2. The predicted octanol–water partition coefficient (Wildman–Crippen LogP) is 3.74. The maximum absolute atomic E-state index is 12.0. The van der Waals surface area contributed by atoms with E-state index in [4.69, 9.17) is 9.47 Å². The highest BCUT2D eigenvalue weighted by Gasteiger charge is 2.20. The number of unbranched alkanes of at least 4 members (excludes halogenated alkanes) is 1. The van der Waals surface area contributed by atoms with Gasteiger partial charge in [0.2, 0.25) is 0 Å². The molecule has 0 bridgehead atoms. The molecule has 0 radical (unpaired) electrons. The third kappa shape index (κ3) is 6.93. The highest BCUT2D eigenvalue weighted by molar-refractivity contribution is 5.89. The number of carbonyl (C=O) groups excluding carboxylic acids is 2. The smallest absolute Gasteiger partial charge is 0.338 e. The van der Waals surface area contributed by atoms with Gasteiger partial charge in [0.05, 0.1) is 18.1 Å².